The molecule has 204 valence electrons. The number of ether oxygens (including phenoxy) is 1. The molecule has 1 aromatic carbocycles. The molecule has 1 aliphatic carbocycles. The molecule has 7 nitrogen and oxygen atoms in total. The molecule has 3 atom stereocenters. The number of carbonyl (C=O) groups excluding carboxylic acids is 1. The maximum atomic E-state index is 14.6. The number of carbonyl (C=O) groups is 1. The highest BCUT2D eigenvalue weighted by atomic mass is 19.4. The van der Waals surface area contributed by atoms with Crippen molar-refractivity contribution in [3.63, 3.8) is 0 Å². The molecule has 3 heterocycles. The van der Waals surface area contributed by atoms with E-state index in [4.69, 9.17) is 4.74 Å². The fourth-order valence-corrected chi connectivity index (χ4v) is 5.22. The normalized spacial score (nSPS) is 21.7. The first-order chi connectivity index (χ1) is 17.7. The lowest BCUT2D eigenvalue weighted by atomic mass is 9.92. The lowest BCUT2D eigenvalue weighted by Gasteiger charge is -2.38. The summed E-state index contributed by atoms with van der Waals surface area (Å²) in [5, 5.41) is 7.32. The number of piperidine rings is 1. The predicted molar refractivity (Wildman–Crippen MR) is 125 cm³/mol. The van der Waals surface area contributed by atoms with Gasteiger partial charge in [-0.3, -0.25) is 0 Å². The lowest BCUT2D eigenvalue weighted by molar-refractivity contribution is -0.137. The van der Waals surface area contributed by atoms with Crippen LogP contribution in [0.2, 0.25) is 0 Å². The minimum absolute atomic E-state index is 0.00110. The van der Waals surface area contributed by atoms with E-state index >= 15 is 0 Å². The van der Waals surface area contributed by atoms with E-state index in [1.807, 2.05) is 0 Å². The maximum Gasteiger partial charge on any atom is 0.417 e. The highest BCUT2D eigenvalue weighted by molar-refractivity contribution is 5.79. The van der Waals surface area contributed by atoms with Gasteiger partial charge >= 0.3 is 12.3 Å². The Morgan fingerprint density at radius 1 is 1.03 bits per heavy atom. The van der Waals surface area contributed by atoms with Gasteiger partial charge in [0.15, 0.2) is 23.1 Å². The topological polar surface area (TPSA) is 71.8 Å². The number of aromatic nitrogens is 3. The molecular weight excluding hydrogens is 516 g/mol. The zero-order valence-electron chi connectivity index (χ0n) is 20.7. The summed E-state index contributed by atoms with van der Waals surface area (Å²) in [5.74, 6) is -4.84. The van der Waals surface area contributed by atoms with Crippen molar-refractivity contribution in [2.24, 2.45) is 11.8 Å². The highest BCUT2D eigenvalue weighted by Gasteiger charge is 2.44. The Labute approximate surface area is 213 Å². The minimum Gasteiger partial charge on any atom is -0.444 e. The largest absolute Gasteiger partial charge is 0.444 e. The molecule has 5 rings (SSSR count). The molecule has 0 radical (unpaired) electrons. The van der Waals surface area contributed by atoms with Crippen LogP contribution in [0.1, 0.15) is 39.2 Å². The van der Waals surface area contributed by atoms with Crippen LogP contribution in [-0.2, 0) is 10.9 Å². The summed E-state index contributed by atoms with van der Waals surface area (Å²) in [6.45, 7) is 6.22. The van der Waals surface area contributed by atoms with Crippen LogP contribution in [0.25, 0.3) is 16.8 Å². The summed E-state index contributed by atoms with van der Waals surface area (Å²) in [5.41, 5.74) is -2.93. The first kappa shape index (κ1) is 26.1. The Kier molecular flexibility index (Phi) is 6.22. The Morgan fingerprint density at radius 2 is 1.68 bits per heavy atom. The smallest absolute Gasteiger partial charge is 0.417 e. The molecule has 1 N–H and O–H groups in total. The van der Waals surface area contributed by atoms with Crippen LogP contribution in [0, 0.1) is 29.3 Å². The number of amides is 1. The Morgan fingerprint density at radius 3 is 2.29 bits per heavy atom. The molecule has 1 unspecified atom stereocenters. The van der Waals surface area contributed by atoms with Crippen LogP contribution in [0.4, 0.5) is 37.1 Å². The van der Waals surface area contributed by atoms with E-state index in [0.717, 1.165) is 23.4 Å². The Hall–Kier alpha value is -3.51. The van der Waals surface area contributed by atoms with Gasteiger partial charge in [0.2, 0.25) is 5.95 Å². The third-order valence-corrected chi connectivity index (χ3v) is 6.87. The standard InChI is InChI=1S/C25H25F6N5O2/c1-24(2,3)38-23(37)35-9-12-4-5-13(10-35)20(12)32-22-33-21-16(15-6-7-17(26)19(28)18(15)27)8-14(25(29,30)31)11-36(21)34-22/h6-8,11-13,20H,4-5,9-10H2,1-3H3,(H,32,34)/t12-,13+,20?. The number of rotatable bonds is 3. The summed E-state index contributed by atoms with van der Waals surface area (Å²) in [4.78, 5) is 18.5. The number of hydrogen-bond donors (Lipinski definition) is 1. The second kappa shape index (κ2) is 9.05. The van der Waals surface area contributed by atoms with Gasteiger partial charge < -0.3 is 15.0 Å². The van der Waals surface area contributed by atoms with Gasteiger partial charge in [-0.15, -0.1) is 5.10 Å². The van der Waals surface area contributed by atoms with E-state index in [1.54, 1.807) is 25.7 Å². The zero-order valence-corrected chi connectivity index (χ0v) is 20.7. The van der Waals surface area contributed by atoms with E-state index in [0.29, 0.717) is 31.4 Å². The first-order valence-electron chi connectivity index (χ1n) is 12.1. The van der Waals surface area contributed by atoms with Gasteiger partial charge in [-0.25, -0.2) is 22.5 Å². The van der Waals surface area contributed by atoms with Gasteiger partial charge in [-0.05, 0) is 63.6 Å². The van der Waals surface area contributed by atoms with Gasteiger partial charge in [0.05, 0.1) is 5.56 Å². The zero-order chi connectivity index (χ0) is 27.6. The maximum absolute atomic E-state index is 14.6. The molecule has 1 aliphatic heterocycles. The predicted octanol–water partition coefficient (Wildman–Crippen LogP) is 5.89. The van der Waals surface area contributed by atoms with E-state index in [2.05, 4.69) is 15.4 Å². The number of nitrogens with one attached hydrogen (secondary N) is 1. The van der Waals surface area contributed by atoms with Crippen LogP contribution >= 0.6 is 0 Å². The summed E-state index contributed by atoms with van der Waals surface area (Å²) < 4.78 is 89.1. The van der Waals surface area contributed by atoms with Crippen LogP contribution in [-0.4, -0.2) is 50.3 Å². The van der Waals surface area contributed by atoms with Crippen LogP contribution in [0.5, 0.6) is 0 Å². The molecule has 2 aliphatic rings. The minimum atomic E-state index is -4.81. The average molecular weight is 541 g/mol. The van der Waals surface area contributed by atoms with Crippen molar-refractivity contribution in [1.29, 1.82) is 0 Å². The quantitative estimate of drug-likeness (QED) is 0.331. The van der Waals surface area contributed by atoms with Crippen molar-refractivity contribution in [1.82, 2.24) is 19.5 Å². The number of anilines is 1. The van der Waals surface area contributed by atoms with Gasteiger partial charge in [0.25, 0.3) is 0 Å². The average Bonchev–Trinajstić information content (AvgIpc) is 3.31. The van der Waals surface area contributed by atoms with E-state index < -0.39 is 46.4 Å². The number of pyridine rings is 1. The molecule has 2 bridgehead atoms. The molecular formula is C25H25F6N5O2. The SMILES string of the molecule is CC(C)(C)OC(=O)N1C[C@H]2CC[C@@H](C1)C2Nc1nc2c(-c3ccc(F)c(F)c3F)cc(C(F)(F)F)cn2n1. The second-order valence-electron chi connectivity index (χ2n) is 10.7. The molecule has 1 amide bonds. The van der Waals surface area contributed by atoms with E-state index in [1.165, 1.54) is 0 Å². The highest BCUT2D eigenvalue weighted by Crippen LogP contribution is 2.40. The van der Waals surface area contributed by atoms with Crippen LogP contribution < -0.4 is 5.32 Å². The summed E-state index contributed by atoms with van der Waals surface area (Å²) in [7, 11) is 0. The molecule has 2 fully saturated rings. The van der Waals surface area contributed by atoms with Crippen molar-refractivity contribution in [2.75, 3.05) is 18.4 Å². The van der Waals surface area contributed by atoms with Gasteiger partial charge in [0, 0.05) is 36.5 Å². The fraction of sp³-hybridized carbons (Fsp3) is 0.480. The number of likely N-dealkylation sites (tertiary alicyclic amines) is 1. The summed E-state index contributed by atoms with van der Waals surface area (Å²) in [6, 6.07) is 1.97. The van der Waals surface area contributed by atoms with Crippen molar-refractivity contribution in [3.8, 4) is 11.1 Å². The fourth-order valence-electron chi connectivity index (χ4n) is 5.22. The molecule has 38 heavy (non-hydrogen) atoms. The van der Waals surface area contributed by atoms with E-state index in [9.17, 15) is 31.1 Å². The van der Waals surface area contributed by atoms with Crippen molar-refractivity contribution < 1.29 is 35.9 Å². The number of nitrogens with zero attached hydrogens (tertiary/aromatic N) is 4. The monoisotopic (exact) mass is 541 g/mol. The van der Waals surface area contributed by atoms with Crippen molar-refractivity contribution >= 4 is 17.7 Å². The van der Waals surface area contributed by atoms with Crippen molar-refractivity contribution in [3.05, 3.63) is 47.4 Å². The number of halogens is 6. The van der Waals surface area contributed by atoms with Gasteiger partial charge in [0.1, 0.15) is 5.60 Å². The Balaban J connectivity index is 1.47. The van der Waals surface area contributed by atoms with Crippen molar-refractivity contribution in [2.45, 2.75) is 51.4 Å². The molecule has 2 aromatic heterocycles. The lowest BCUT2D eigenvalue weighted by Crippen LogP contribution is -2.51. The van der Waals surface area contributed by atoms with Crippen LogP contribution in [0.15, 0.2) is 24.4 Å². The number of alkyl halides is 3. The molecule has 3 aromatic rings. The number of benzene rings is 1. The summed E-state index contributed by atoms with van der Waals surface area (Å²) >= 11 is 0. The number of fused-ring (bicyclic) bond motifs is 3. The molecule has 1 saturated heterocycles. The van der Waals surface area contributed by atoms with E-state index in [-0.39, 0.29) is 35.0 Å². The Bertz CT molecular complexity index is 1390. The summed E-state index contributed by atoms with van der Waals surface area (Å²) in [6.07, 6.45) is -2.88. The van der Waals surface area contributed by atoms with Gasteiger partial charge in [-0.1, -0.05) is 0 Å². The molecule has 0 spiro atoms. The second-order valence-corrected chi connectivity index (χ2v) is 10.7. The third-order valence-electron chi connectivity index (χ3n) is 6.87. The van der Waals surface area contributed by atoms with Gasteiger partial charge in [-0.2, -0.15) is 18.2 Å². The molecule has 13 heteroatoms. The van der Waals surface area contributed by atoms with Crippen LogP contribution in [0.3, 0.4) is 0 Å². The third kappa shape index (κ3) is 4.85. The number of hydrogen-bond acceptors (Lipinski definition) is 5. The molecule has 1 saturated carbocycles. The first-order valence-corrected chi connectivity index (χ1v) is 12.1.